The van der Waals surface area contributed by atoms with E-state index >= 15 is 0 Å². The maximum Gasteiger partial charge on any atom is 0.131 e. The highest BCUT2D eigenvalue weighted by Crippen LogP contribution is 2.25. The summed E-state index contributed by atoms with van der Waals surface area (Å²) < 4.78 is 14.0. The van der Waals surface area contributed by atoms with Crippen LogP contribution in [0.5, 0.6) is 0 Å². The molecule has 0 spiro atoms. The van der Waals surface area contributed by atoms with Crippen molar-refractivity contribution in [2.75, 3.05) is 0 Å². The lowest BCUT2D eigenvalue weighted by atomic mass is 9.99. The number of allylic oxidation sites excluding steroid dienone is 1. The zero-order valence-corrected chi connectivity index (χ0v) is 12.8. The van der Waals surface area contributed by atoms with Crippen LogP contribution < -0.4 is 5.32 Å². The van der Waals surface area contributed by atoms with Crippen molar-refractivity contribution < 1.29 is 4.39 Å². The second kappa shape index (κ2) is 6.90. The van der Waals surface area contributed by atoms with Gasteiger partial charge in [0.1, 0.15) is 5.82 Å². The molecule has 2 rings (SSSR count). The molecule has 0 unspecified atom stereocenters. The summed E-state index contributed by atoms with van der Waals surface area (Å²) in [5.41, 5.74) is 4.84. The summed E-state index contributed by atoms with van der Waals surface area (Å²) in [5.74, 6) is -0.275. The molecule has 0 saturated heterocycles. The number of hydrogen-bond donors (Lipinski definition) is 1. The Morgan fingerprint density at radius 1 is 1.14 bits per heavy atom. The first-order chi connectivity index (χ1) is 10.5. The van der Waals surface area contributed by atoms with Crippen LogP contribution in [0, 0.1) is 5.82 Å². The molecule has 2 heteroatoms. The van der Waals surface area contributed by atoms with Crippen molar-refractivity contribution in [3.63, 3.8) is 0 Å². The van der Waals surface area contributed by atoms with Gasteiger partial charge in [-0.2, -0.15) is 0 Å². The second-order valence-corrected chi connectivity index (χ2v) is 5.22. The van der Waals surface area contributed by atoms with E-state index in [0.29, 0.717) is 23.4 Å². The predicted octanol–water partition coefficient (Wildman–Crippen LogP) is 5.26. The fraction of sp³-hybridized carbons (Fsp3) is 0.100. The van der Waals surface area contributed by atoms with E-state index in [4.69, 9.17) is 0 Å². The third-order valence-corrected chi connectivity index (χ3v) is 3.49. The van der Waals surface area contributed by atoms with Gasteiger partial charge in [-0.15, -0.1) is 0 Å². The van der Waals surface area contributed by atoms with Gasteiger partial charge in [0, 0.05) is 23.4 Å². The summed E-state index contributed by atoms with van der Waals surface area (Å²) in [6.07, 6.45) is 1.81. The minimum atomic E-state index is -0.275. The van der Waals surface area contributed by atoms with Crippen LogP contribution in [0.3, 0.4) is 0 Å². The molecular weight excluding hydrogens is 273 g/mol. The van der Waals surface area contributed by atoms with Crippen LogP contribution in [0.1, 0.15) is 29.2 Å². The molecule has 0 heterocycles. The molecule has 0 atom stereocenters. The van der Waals surface area contributed by atoms with E-state index in [1.54, 1.807) is 13.0 Å². The van der Waals surface area contributed by atoms with E-state index in [2.05, 4.69) is 25.1 Å². The van der Waals surface area contributed by atoms with Gasteiger partial charge in [0.15, 0.2) is 0 Å². The molecule has 2 aromatic carbocycles. The van der Waals surface area contributed by atoms with Crippen LogP contribution in [-0.4, -0.2) is 0 Å². The van der Waals surface area contributed by atoms with Crippen molar-refractivity contribution in [2.24, 2.45) is 0 Å². The topological polar surface area (TPSA) is 12.0 Å². The molecule has 0 aliphatic rings. The van der Waals surface area contributed by atoms with E-state index < -0.39 is 0 Å². The van der Waals surface area contributed by atoms with Crippen LogP contribution in [0.4, 0.5) is 4.39 Å². The number of halogens is 1. The maximum atomic E-state index is 14.0. The van der Waals surface area contributed by atoms with Crippen molar-refractivity contribution >= 4 is 17.3 Å². The van der Waals surface area contributed by atoms with Crippen LogP contribution in [-0.2, 0) is 6.54 Å². The lowest BCUT2D eigenvalue weighted by Crippen LogP contribution is -2.12. The first kappa shape index (κ1) is 15.8. The fourth-order valence-corrected chi connectivity index (χ4v) is 2.28. The molecule has 0 amide bonds. The van der Waals surface area contributed by atoms with E-state index in [1.807, 2.05) is 36.4 Å². The van der Waals surface area contributed by atoms with Crippen molar-refractivity contribution in [1.29, 1.82) is 0 Å². The minimum Gasteiger partial charge on any atom is -0.381 e. The summed E-state index contributed by atoms with van der Waals surface area (Å²) in [7, 11) is 0. The predicted molar refractivity (Wildman–Crippen MR) is 93.5 cm³/mol. The minimum absolute atomic E-state index is 0.275. The third-order valence-electron chi connectivity index (χ3n) is 3.49. The fourth-order valence-electron chi connectivity index (χ4n) is 2.28. The average Bonchev–Trinajstić information content (AvgIpc) is 2.52. The third kappa shape index (κ3) is 3.53. The molecule has 22 heavy (non-hydrogen) atoms. The molecular formula is C20H20FN. The zero-order chi connectivity index (χ0) is 16.1. The zero-order valence-electron chi connectivity index (χ0n) is 12.8. The monoisotopic (exact) mass is 293 g/mol. The van der Waals surface area contributed by atoms with E-state index in [1.165, 1.54) is 6.07 Å². The van der Waals surface area contributed by atoms with Gasteiger partial charge in [0.05, 0.1) is 0 Å². The molecule has 1 nitrogen and oxygen atoms in total. The van der Waals surface area contributed by atoms with E-state index in [0.717, 1.165) is 16.7 Å². The SMILES string of the molecule is C=Cc1ccc(CNC(=C)c2cccc(F)c2C(=C)C)cc1. The maximum absolute atomic E-state index is 14.0. The van der Waals surface area contributed by atoms with Crippen LogP contribution in [0.25, 0.3) is 17.3 Å². The average molecular weight is 293 g/mol. The highest BCUT2D eigenvalue weighted by atomic mass is 19.1. The molecule has 1 N–H and O–H groups in total. The van der Waals surface area contributed by atoms with Crippen LogP contribution in [0.15, 0.2) is 62.2 Å². The standard InChI is InChI=1S/C20H20FN/c1-5-16-9-11-17(12-10-16)13-22-15(4)18-7-6-8-19(21)20(18)14(2)3/h5-12,22H,1-2,4,13H2,3H3. The number of benzene rings is 2. The Morgan fingerprint density at radius 2 is 1.82 bits per heavy atom. The number of nitrogens with one attached hydrogen (secondary N) is 1. The molecule has 112 valence electrons. The van der Waals surface area contributed by atoms with Crippen LogP contribution >= 0.6 is 0 Å². The lowest BCUT2D eigenvalue weighted by Gasteiger charge is -2.15. The normalized spacial score (nSPS) is 10.1. The van der Waals surface area contributed by atoms with Gasteiger partial charge in [-0.1, -0.05) is 62.2 Å². The molecule has 0 aromatic heterocycles. The Kier molecular flexibility index (Phi) is 4.95. The summed E-state index contributed by atoms with van der Waals surface area (Å²) in [4.78, 5) is 0. The van der Waals surface area contributed by atoms with Crippen molar-refractivity contribution in [1.82, 2.24) is 5.32 Å². The van der Waals surface area contributed by atoms with Gasteiger partial charge in [-0.25, -0.2) is 4.39 Å². The molecule has 0 fully saturated rings. The van der Waals surface area contributed by atoms with Gasteiger partial charge < -0.3 is 5.32 Å². The summed E-state index contributed by atoms with van der Waals surface area (Å²) in [6.45, 7) is 14.0. The second-order valence-electron chi connectivity index (χ2n) is 5.22. The van der Waals surface area contributed by atoms with Gasteiger partial charge in [-0.05, 0) is 29.7 Å². The Labute approximate surface area is 131 Å². The first-order valence-electron chi connectivity index (χ1n) is 7.12. The van der Waals surface area contributed by atoms with Gasteiger partial charge >= 0.3 is 0 Å². The lowest BCUT2D eigenvalue weighted by molar-refractivity contribution is 0.623. The van der Waals surface area contributed by atoms with Gasteiger partial charge in [-0.3, -0.25) is 0 Å². The molecule has 0 bridgehead atoms. The van der Waals surface area contributed by atoms with Crippen molar-refractivity contribution in [2.45, 2.75) is 13.5 Å². The van der Waals surface area contributed by atoms with Crippen molar-refractivity contribution in [3.8, 4) is 0 Å². The van der Waals surface area contributed by atoms with Crippen LogP contribution in [0.2, 0.25) is 0 Å². The summed E-state index contributed by atoms with van der Waals surface area (Å²) in [5, 5.41) is 3.25. The molecule has 0 aliphatic carbocycles. The molecule has 0 radical (unpaired) electrons. The van der Waals surface area contributed by atoms with E-state index in [9.17, 15) is 4.39 Å². The van der Waals surface area contributed by atoms with Crippen molar-refractivity contribution in [3.05, 3.63) is 90.3 Å². The number of rotatable bonds is 6. The summed E-state index contributed by atoms with van der Waals surface area (Å²) in [6, 6.07) is 13.1. The smallest absolute Gasteiger partial charge is 0.131 e. The van der Waals surface area contributed by atoms with Gasteiger partial charge in [0.25, 0.3) is 0 Å². The largest absolute Gasteiger partial charge is 0.381 e. The highest BCUT2D eigenvalue weighted by Gasteiger charge is 2.11. The molecule has 0 saturated carbocycles. The molecule has 0 aliphatic heterocycles. The first-order valence-corrected chi connectivity index (χ1v) is 7.12. The quantitative estimate of drug-likeness (QED) is 0.765. The Bertz CT molecular complexity index is 711. The van der Waals surface area contributed by atoms with E-state index in [-0.39, 0.29) is 5.82 Å². The van der Waals surface area contributed by atoms with Gasteiger partial charge in [0.2, 0.25) is 0 Å². The molecule has 2 aromatic rings. The number of hydrogen-bond acceptors (Lipinski definition) is 1. The Morgan fingerprint density at radius 3 is 2.41 bits per heavy atom. The Balaban J connectivity index is 2.14. The Hall–Kier alpha value is -2.61. The summed E-state index contributed by atoms with van der Waals surface area (Å²) >= 11 is 0. The highest BCUT2D eigenvalue weighted by molar-refractivity contribution is 5.76.